The third kappa shape index (κ3) is 4.59. The Kier molecular flexibility index (Phi) is 6.05. The standard InChI is InChI=1S/C20H21N3O7/c1-10-6-15(25)19(27)20(29-10)13(12-4-5-14(24)16(7-12)28-3)8-17(26)21-9-18-22-11(2)23-30-18/h4-7,13,24,27H,8-9H2,1-3H3,(H,21,26)/t13-/m0/s1. The van der Waals surface area contributed by atoms with Crippen LogP contribution in [0, 0.1) is 13.8 Å². The summed E-state index contributed by atoms with van der Waals surface area (Å²) >= 11 is 0. The molecule has 0 radical (unpaired) electrons. The van der Waals surface area contributed by atoms with Crippen LogP contribution in [0.15, 0.2) is 38.0 Å². The third-order valence-corrected chi connectivity index (χ3v) is 4.39. The number of hydrogen-bond acceptors (Lipinski definition) is 9. The molecule has 30 heavy (non-hydrogen) atoms. The monoisotopic (exact) mass is 415 g/mol. The molecule has 0 bridgehead atoms. The van der Waals surface area contributed by atoms with Gasteiger partial charge in [-0.15, -0.1) is 0 Å². The van der Waals surface area contributed by atoms with E-state index in [1.807, 2.05) is 0 Å². The van der Waals surface area contributed by atoms with Gasteiger partial charge in [-0.05, 0) is 31.5 Å². The second kappa shape index (κ2) is 8.68. The Balaban J connectivity index is 1.93. The van der Waals surface area contributed by atoms with Gasteiger partial charge in [0.15, 0.2) is 23.1 Å². The smallest absolute Gasteiger partial charge is 0.246 e. The molecule has 0 unspecified atom stereocenters. The van der Waals surface area contributed by atoms with Gasteiger partial charge in [0.25, 0.3) is 0 Å². The van der Waals surface area contributed by atoms with Crippen molar-refractivity contribution in [3.05, 3.63) is 63.3 Å². The van der Waals surface area contributed by atoms with Crippen LogP contribution in [0.1, 0.15) is 41.1 Å². The average Bonchev–Trinajstić information content (AvgIpc) is 3.13. The van der Waals surface area contributed by atoms with E-state index in [4.69, 9.17) is 13.7 Å². The highest BCUT2D eigenvalue weighted by Gasteiger charge is 2.27. The van der Waals surface area contributed by atoms with Crippen molar-refractivity contribution in [1.29, 1.82) is 0 Å². The summed E-state index contributed by atoms with van der Waals surface area (Å²) in [5.74, 6) is -0.823. The predicted molar refractivity (Wildman–Crippen MR) is 103 cm³/mol. The van der Waals surface area contributed by atoms with Crippen molar-refractivity contribution in [3.8, 4) is 17.2 Å². The molecular weight excluding hydrogens is 394 g/mol. The van der Waals surface area contributed by atoms with Crippen molar-refractivity contribution < 1.29 is 28.7 Å². The molecule has 3 aromatic rings. The van der Waals surface area contributed by atoms with Crippen molar-refractivity contribution in [2.75, 3.05) is 7.11 Å². The molecule has 158 valence electrons. The molecule has 0 aliphatic carbocycles. The first kappa shape index (κ1) is 20.9. The van der Waals surface area contributed by atoms with Crippen LogP contribution in [0.2, 0.25) is 0 Å². The predicted octanol–water partition coefficient (Wildman–Crippen LogP) is 1.90. The van der Waals surface area contributed by atoms with Crippen molar-refractivity contribution >= 4 is 5.91 Å². The summed E-state index contributed by atoms with van der Waals surface area (Å²) in [6.07, 6.45) is -0.166. The number of aromatic nitrogens is 2. The van der Waals surface area contributed by atoms with Gasteiger partial charge in [-0.1, -0.05) is 11.2 Å². The van der Waals surface area contributed by atoms with Gasteiger partial charge in [-0.25, -0.2) is 0 Å². The van der Waals surface area contributed by atoms with Gasteiger partial charge in [-0.3, -0.25) is 9.59 Å². The van der Waals surface area contributed by atoms with Crippen molar-refractivity contribution in [2.45, 2.75) is 32.7 Å². The Labute approximate surface area is 171 Å². The van der Waals surface area contributed by atoms with Crippen LogP contribution >= 0.6 is 0 Å². The fourth-order valence-corrected chi connectivity index (χ4v) is 2.98. The second-order valence-corrected chi connectivity index (χ2v) is 6.63. The molecule has 0 aliphatic heterocycles. The molecule has 1 amide bonds. The number of benzene rings is 1. The lowest BCUT2D eigenvalue weighted by Gasteiger charge is -2.18. The maximum atomic E-state index is 12.6. The summed E-state index contributed by atoms with van der Waals surface area (Å²) in [5, 5.41) is 26.5. The van der Waals surface area contributed by atoms with E-state index >= 15 is 0 Å². The fourth-order valence-electron chi connectivity index (χ4n) is 2.98. The van der Waals surface area contributed by atoms with Gasteiger partial charge in [0.1, 0.15) is 5.76 Å². The number of nitrogens with zero attached hydrogens (tertiary/aromatic N) is 2. The van der Waals surface area contributed by atoms with Crippen LogP contribution in [0.3, 0.4) is 0 Å². The lowest BCUT2D eigenvalue weighted by molar-refractivity contribution is -0.121. The summed E-state index contributed by atoms with van der Waals surface area (Å²) in [6.45, 7) is 3.25. The Bertz CT molecular complexity index is 1120. The van der Waals surface area contributed by atoms with E-state index in [-0.39, 0.29) is 41.9 Å². The van der Waals surface area contributed by atoms with E-state index in [1.165, 1.54) is 19.2 Å². The third-order valence-electron chi connectivity index (χ3n) is 4.39. The minimum Gasteiger partial charge on any atom is -0.504 e. The first-order valence-electron chi connectivity index (χ1n) is 9.05. The zero-order valence-electron chi connectivity index (χ0n) is 16.6. The van der Waals surface area contributed by atoms with Crippen LogP contribution < -0.4 is 15.5 Å². The maximum Gasteiger partial charge on any atom is 0.246 e. The van der Waals surface area contributed by atoms with Crippen LogP contribution in [0.4, 0.5) is 0 Å². The molecule has 0 saturated carbocycles. The number of carbonyl (C=O) groups excluding carboxylic acids is 1. The zero-order chi connectivity index (χ0) is 21.8. The number of phenolic OH excluding ortho intramolecular Hbond substituents is 1. The van der Waals surface area contributed by atoms with Crippen molar-refractivity contribution in [2.24, 2.45) is 0 Å². The van der Waals surface area contributed by atoms with E-state index in [9.17, 15) is 19.8 Å². The minimum absolute atomic E-state index is 0.0229. The normalized spacial score (nSPS) is 11.8. The Hall–Kier alpha value is -3.82. The lowest BCUT2D eigenvalue weighted by atomic mass is 9.91. The number of nitrogens with one attached hydrogen (secondary N) is 1. The number of ether oxygens (including phenoxy) is 1. The Morgan fingerprint density at radius 1 is 1.27 bits per heavy atom. The molecule has 10 heteroatoms. The van der Waals surface area contributed by atoms with Crippen molar-refractivity contribution in [1.82, 2.24) is 15.5 Å². The molecule has 1 atom stereocenters. The van der Waals surface area contributed by atoms with Gasteiger partial charge in [0.05, 0.1) is 19.6 Å². The largest absolute Gasteiger partial charge is 0.504 e. The van der Waals surface area contributed by atoms with Gasteiger partial charge < -0.3 is 29.2 Å². The lowest BCUT2D eigenvalue weighted by Crippen LogP contribution is -2.25. The number of hydrogen-bond donors (Lipinski definition) is 3. The van der Waals surface area contributed by atoms with Gasteiger partial charge in [0.2, 0.25) is 23.0 Å². The van der Waals surface area contributed by atoms with Crippen LogP contribution in [-0.4, -0.2) is 33.4 Å². The SMILES string of the molecule is COc1cc([C@H](CC(=O)NCc2nc(C)no2)c2oc(C)cc(=O)c2O)ccc1O. The van der Waals surface area contributed by atoms with Crippen molar-refractivity contribution in [3.63, 3.8) is 0 Å². The molecule has 1 aromatic carbocycles. The van der Waals surface area contributed by atoms with E-state index in [1.54, 1.807) is 19.9 Å². The molecule has 2 aromatic heterocycles. The first-order valence-corrected chi connectivity index (χ1v) is 9.05. The zero-order valence-corrected chi connectivity index (χ0v) is 16.6. The molecule has 0 fully saturated rings. The summed E-state index contributed by atoms with van der Waals surface area (Å²) < 4.78 is 15.7. The first-order chi connectivity index (χ1) is 14.3. The van der Waals surface area contributed by atoms with Crippen LogP contribution in [-0.2, 0) is 11.3 Å². The van der Waals surface area contributed by atoms with E-state index in [2.05, 4.69) is 15.5 Å². The number of aryl methyl sites for hydroxylation is 2. The molecule has 3 rings (SSSR count). The maximum absolute atomic E-state index is 12.6. The summed E-state index contributed by atoms with van der Waals surface area (Å²) in [4.78, 5) is 28.7. The topological polar surface area (TPSA) is 148 Å². The number of aromatic hydroxyl groups is 2. The number of rotatable bonds is 7. The van der Waals surface area contributed by atoms with E-state index < -0.39 is 23.0 Å². The van der Waals surface area contributed by atoms with Crippen LogP contribution in [0.25, 0.3) is 0 Å². The highest BCUT2D eigenvalue weighted by atomic mass is 16.5. The molecule has 0 aliphatic rings. The summed E-state index contributed by atoms with van der Waals surface area (Å²) in [7, 11) is 1.39. The van der Waals surface area contributed by atoms with Gasteiger partial charge in [-0.2, -0.15) is 4.98 Å². The number of amides is 1. The van der Waals surface area contributed by atoms with E-state index in [0.29, 0.717) is 11.4 Å². The summed E-state index contributed by atoms with van der Waals surface area (Å²) in [6, 6.07) is 5.62. The number of phenols is 1. The summed E-state index contributed by atoms with van der Waals surface area (Å²) in [5.41, 5.74) is -0.122. The molecule has 2 heterocycles. The molecule has 10 nitrogen and oxygen atoms in total. The average molecular weight is 415 g/mol. The van der Waals surface area contributed by atoms with Gasteiger partial charge >= 0.3 is 0 Å². The minimum atomic E-state index is -0.823. The Morgan fingerprint density at radius 3 is 2.70 bits per heavy atom. The van der Waals surface area contributed by atoms with Gasteiger partial charge in [0, 0.05) is 12.5 Å². The fraction of sp³-hybridized carbons (Fsp3) is 0.300. The number of carbonyl (C=O) groups is 1. The molecule has 3 N–H and O–H groups in total. The Morgan fingerprint density at radius 2 is 2.03 bits per heavy atom. The highest BCUT2D eigenvalue weighted by Crippen LogP contribution is 2.37. The molecular formula is C20H21N3O7. The molecule has 0 spiro atoms. The number of methoxy groups -OCH3 is 1. The highest BCUT2D eigenvalue weighted by molar-refractivity contribution is 5.77. The molecule has 0 saturated heterocycles. The quantitative estimate of drug-likeness (QED) is 0.526. The van der Waals surface area contributed by atoms with Crippen LogP contribution in [0.5, 0.6) is 17.2 Å². The van der Waals surface area contributed by atoms with E-state index in [0.717, 1.165) is 6.07 Å². The second-order valence-electron chi connectivity index (χ2n) is 6.63.